The van der Waals surface area contributed by atoms with Crippen molar-refractivity contribution in [3.8, 4) is 11.5 Å². The van der Waals surface area contributed by atoms with Gasteiger partial charge in [-0.3, -0.25) is 5.41 Å². The molecular formula is C11H17N3O2. The van der Waals surface area contributed by atoms with Gasteiger partial charge in [-0.2, -0.15) is 0 Å². The summed E-state index contributed by atoms with van der Waals surface area (Å²) in [5, 5.41) is 7.31. The van der Waals surface area contributed by atoms with Gasteiger partial charge in [0.05, 0.1) is 13.7 Å². The summed E-state index contributed by atoms with van der Waals surface area (Å²) < 4.78 is 10.6. The number of amidine groups is 1. The first-order valence-electron chi connectivity index (χ1n) is 5.04. The third kappa shape index (κ3) is 3.13. The molecule has 1 rings (SSSR count). The summed E-state index contributed by atoms with van der Waals surface area (Å²) in [6.45, 7) is 1.14. The normalized spacial score (nSPS) is 9.88. The lowest BCUT2D eigenvalue weighted by Crippen LogP contribution is -2.11. The lowest BCUT2D eigenvalue weighted by Gasteiger charge is -2.11. The highest BCUT2D eigenvalue weighted by Gasteiger charge is 2.06. The molecular weight excluding hydrogens is 206 g/mol. The van der Waals surface area contributed by atoms with Crippen LogP contribution in [0.15, 0.2) is 18.2 Å². The monoisotopic (exact) mass is 223 g/mol. The van der Waals surface area contributed by atoms with E-state index in [9.17, 15) is 0 Å². The van der Waals surface area contributed by atoms with Crippen molar-refractivity contribution < 1.29 is 9.47 Å². The van der Waals surface area contributed by atoms with Crippen LogP contribution in [0.4, 0.5) is 0 Å². The van der Waals surface area contributed by atoms with Crippen molar-refractivity contribution in [2.24, 2.45) is 11.5 Å². The zero-order chi connectivity index (χ0) is 12.0. The average molecular weight is 223 g/mol. The second-order valence-corrected chi connectivity index (χ2v) is 3.27. The van der Waals surface area contributed by atoms with Crippen LogP contribution in [0.3, 0.4) is 0 Å². The number of nitrogens with two attached hydrogens (primary N) is 2. The molecule has 1 aromatic rings. The molecule has 0 aliphatic heterocycles. The maximum atomic E-state index is 7.31. The maximum absolute atomic E-state index is 7.31. The Kier molecular flexibility index (Phi) is 4.60. The summed E-state index contributed by atoms with van der Waals surface area (Å²) in [6.07, 6.45) is 0.789. The molecule has 16 heavy (non-hydrogen) atoms. The summed E-state index contributed by atoms with van der Waals surface area (Å²) in [7, 11) is 1.55. The molecule has 0 unspecified atom stereocenters. The number of rotatable bonds is 6. The van der Waals surface area contributed by atoms with Crippen LogP contribution in [0.25, 0.3) is 0 Å². The van der Waals surface area contributed by atoms with Crippen molar-refractivity contribution in [2.75, 3.05) is 20.3 Å². The molecule has 0 atom stereocenters. The molecule has 5 heteroatoms. The number of nitrogens with one attached hydrogen (secondary N) is 1. The number of benzene rings is 1. The Bertz CT molecular complexity index is 366. The highest BCUT2D eigenvalue weighted by atomic mass is 16.5. The Hall–Kier alpha value is -1.75. The van der Waals surface area contributed by atoms with E-state index in [4.69, 9.17) is 26.4 Å². The van der Waals surface area contributed by atoms with Gasteiger partial charge >= 0.3 is 0 Å². The Morgan fingerprint density at radius 2 is 2.12 bits per heavy atom. The number of hydrogen-bond donors (Lipinski definition) is 3. The summed E-state index contributed by atoms with van der Waals surface area (Å²) in [6, 6.07) is 5.15. The predicted octanol–water partition coefficient (Wildman–Crippen LogP) is 0.707. The van der Waals surface area contributed by atoms with Crippen LogP contribution in [0.1, 0.15) is 12.0 Å². The number of ether oxygens (including phenoxy) is 2. The topological polar surface area (TPSA) is 94.3 Å². The standard InChI is InChI=1S/C11H17N3O2/c1-15-10-7-8(11(13)14)3-4-9(10)16-6-2-5-12/h3-4,7H,2,5-6,12H2,1H3,(H3,13,14). The van der Waals surface area contributed by atoms with E-state index < -0.39 is 0 Å². The van der Waals surface area contributed by atoms with Gasteiger partial charge in [0, 0.05) is 5.56 Å². The minimum Gasteiger partial charge on any atom is -0.493 e. The predicted molar refractivity (Wildman–Crippen MR) is 63.2 cm³/mol. The molecule has 0 aliphatic carbocycles. The number of nitrogen functional groups attached to an aromatic ring is 1. The van der Waals surface area contributed by atoms with Crippen molar-refractivity contribution in [1.29, 1.82) is 5.41 Å². The molecule has 0 heterocycles. The highest BCUT2D eigenvalue weighted by molar-refractivity contribution is 5.95. The van der Waals surface area contributed by atoms with E-state index in [0.29, 0.717) is 30.2 Å². The molecule has 0 aliphatic rings. The fraction of sp³-hybridized carbons (Fsp3) is 0.364. The second-order valence-electron chi connectivity index (χ2n) is 3.27. The van der Waals surface area contributed by atoms with E-state index in [1.54, 1.807) is 25.3 Å². The van der Waals surface area contributed by atoms with Gasteiger partial charge in [-0.05, 0) is 31.2 Å². The quantitative estimate of drug-likeness (QED) is 0.376. The lowest BCUT2D eigenvalue weighted by atomic mass is 10.2. The smallest absolute Gasteiger partial charge is 0.161 e. The third-order valence-corrected chi connectivity index (χ3v) is 2.08. The molecule has 0 saturated carbocycles. The van der Waals surface area contributed by atoms with E-state index in [0.717, 1.165) is 6.42 Å². The van der Waals surface area contributed by atoms with Gasteiger partial charge in [0.2, 0.25) is 0 Å². The minimum atomic E-state index is 0.00630. The van der Waals surface area contributed by atoms with Crippen molar-refractivity contribution in [3.63, 3.8) is 0 Å². The van der Waals surface area contributed by atoms with Gasteiger partial charge in [0.1, 0.15) is 5.84 Å². The number of methoxy groups -OCH3 is 1. The first kappa shape index (κ1) is 12.3. The largest absolute Gasteiger partial charge is 0.493 e. The zero-order valence-electron chi connectivity index (χ0n) is 9.32. The molecule has 1 aromatic carbocycles. The minimum absolute atomic E-state index is 0.00630. The molecule has 0 saturated heterocycles. The summed E-state index contributed by atoms with van der Waals surface area (Å²) >= 11 is 0. The van der Waals surface area contributed by atoms with Crippen LogP contribution in [0.5, 0.6) is 11.5 Å². The Labute approximate surface area is 94.8 Å². The first-order valence-corrected chi connectivity index (χ1v) is 5.04. The Morgan fingerprint density at radius 3 is 2.69 bits per heavy atom. The SMILES string of the molecule is COc1cc(C(=N)N)ccc1OCCCN. The van der Waals surface area contributed by atoms with E-state index in [1.165, 1.54) is 0 Å². The van der Waals surface area contributed by atoms with Gasteiger partial charge in [-0.1, -0.05) is 0 Å². The Balaban J connectivity index is 2.80. The van der Waals surface area contributed by atoms with E-state index in [1.807, 2.05) is 0 Å². The summed E-state index contributed by atoms with van der Waals surface area (Å²) in [4.78, 5) is 0. The lowest BCUT2D eigenvalue weighted by molar-refractivity contribution is 0.291. The molecule has 88 valence electrons. The number of hydrogen-bond acceptors (Lipinski definition) is 4. The van der Waals surface area contributed by atoms with Crippen LogP contribution >= 0.6 is 0 Å². The third-order valence-electron chi connectivity index (χ3n) is 2.08. The molecule has 0 radical (unpaired) electrons. The van der Waals surface area contributed by atoms with E-state index >= 15 is 0 Å². The molecule has 5 N–H and O–H groups in total. The van der Waals surface area contributed by atoms with Crippen LogP contribution in [0.2, 0.25) is 0 Å². The van der Waals surface area contributed by atoms with Gasteiger partial charge in [0.15, 0.2) is 11.5 Å². The molecule has 0 fully saturated rings. The summed E-state index contributed by atoms with van der Waals surface area (Å²) in [5.41, 5.74) is 11.4. The Morgan fingerprint density at radius 1 is 1.38 bits per heavy atom. The zero-order valence-corrected chi connectivity index (χ0v) is 9.32. The van der Waals surface area contributed by atoms with Crippen LogP contribution in [-0.4, -0.2) is 26.1 Å². The van der Waals surface area contributed by atoms with Crippen molar-refractivity contribution in [1.82, 2.24) is 0 Å². The first-order chi connectivity index (χ1) is 7.69. The van der Waals surface area contributed by atoms with E-state index in [-0.39, 0.29) is 5.84 Å². The molecule has 0 spiro atoms. The van der Waals surface area contributed by atoms with Crippen LogP contribution in [0, 0.1) is 5.41 Å². The van der Waals surface area contributed by atoms with E-state index in [2.05, 4.69) is 0 Å². The second kappa shape index (κ2) is 5.97. The fourth-order valence-corrected chi connectivity index (χ4v) is 1.22. The van der Waals surface area contributed by atoms with Gasteiger partial charge in [-0.25, -0.2) is 0 Å². The van der Waals surface area contributed by atoms with Crippen molar-refractivity contribution in [3.05, 3.63) is 23.8 Å². The van der Waals surface area contributed by atoms with Crippen LogP contribution < -0.4 is 20.9 Å². The molecule has 0 aromatic heterocycles. The van der Waals surface area contributed by atoms with Crippen molar-refractivity contribution in [2.45, 2.75) is 6.42 Å². The van der Waals surface area contributed by atoms with Gasteiger partial charge < -0.3 is 20.9 Å². The molecule has 0 amide bonds. The van der Waals surface area contributed by atoms with Crippen molar-refractivity contribution >= 4 is 5.84 Å². The van der Waals surface area contributed by atoms with Gasteiger partial charge in [-0.15, -0.1) is 0 Å². The molecule has 0 bridgehead atoms. The molecule has 5 nitrogen and oxygen atoms in total. The fourth-order valence-electron chi connectivity index (χ4n) is 1.22. The van der Waals surface area contributed by atoms with Gasteiger partial charge in [0.25, 0.3) is 0 Å². The van der Waals surface area contributed by atoms with Crippen LogP contribution in [-0.2, 0) is 0 Å². The average Bonchev–Trinajstić information content (AvgIpc) is 2.29. The summed E-state index contributed by atoms with van der Waals surface area (Å²) in [5.74, 6) is 1.22. The highest BCUT2D eigenvalue weighted by Crippen LogP contribution is 2.27. The maximum Gasteiger partial charge on any atom is 0.161 e.